The summed E-state index contributed by atoms with van der Waals surface area (Å²) in [5, 5.41) is 10.3. The summed E-state index contributed by atoms with van der Waals surface area (Å²) in [6.07, 6.45) is 0. The average Bonchev–Trinajstić information content (AvgIpc) is 3.84. The number of fused-ring (bicyclic) bond motifs is 14. The largest absolute Gasteiger partial charge is 0.309 e. The molecule has 0 saturated heterocycles. The minimum absolute atomic E-state index is 0.105. The Labute approximate surface area is 356 Å². The zero-order valence-corrected chi connectivity index (χ0v) is 34.8. The van der Waals surface area contributed by atoms with Gasteiger partial charge in [0, 0.05) is 27.3 Å². The molecule has 11 aromatic rings. The van der Waals surface area contributed by atoms with Gasteiger partial charge in [-0.25, -0.2) is 0 Å². The van der Waals surface area contributed by atoms with E-state index in [4.69, 9.17) is 0 Å². The van der Waals surface area contributed by atoms with E-state index in [9.17, 15) is 0 Å². The molecule has 0 spiro atoms. The summed E-state index contributed by atoms with van der Waals surface area (Å²) in [4.78, 5) is 0. The van der Waals surface area contributed by atoms with E-state index in [1.165, 1.54) is 127 Å². The van der Waals surface area contributed by atoms with Gasteiger partial charge in [0.1, 0.15) is 0 Å². The van der Waals surface area contributed by atoms with E-state index >= 15 is 0 Å². The van der Waals surface area contributed by atoms with Crippen molar-refractivity contribution in [2.75, 3.05) is 0 Å². The highest BCUT2D eigenvalue weighted by Gasteiger charge is 2.42. The van der Waals surface area contributed by atoms with Gasteiger partial charge in [-0.1, -0.05) is 179 Å². The number of aromatic nitrogens is 1. The topological polar surface area (TPSA) is 4.93 Å². The van der Waals surface area contributed by atoms with Crippen molar-refractivity contribution in [3.05, 3.63) is 210 Å². The Kier molecular flexibility index (Phi) is 6.91. The third kappa shape index (κ3) is 4.51. The van der Waals surface area contributed by atoms with Gasteiger partial charge in [-0.15, -0.1) is 0 Å². The third-order valence-electron chi connectivity index (χ3n) is 14.6. The van der Waals surface area contributed by atoms with Crippen LogP contribution in [0.3, 0.4) is 0 Å². The number of hydrogen-bond donors (Lipinski definition) is 0. The van der Waals surface area contributed by atoms with Crippen LogP contribution in [0.5, 0.6) is 0 Å². The molecule has 1 heteroatoms. The summed E-state index contributed by atoms with van der Waals surface area (Å²) in [5.74, 6) is 0. The number of hydrogen-bond acceptors (Lipinski definition) is 0. The predicted octanol–water partition coefficient (Wildman–Crippen LogP) is 16.2. The van der Waals surface area contributed by atoms with Crippen LogP contribution >= 0.6 is 0 Å². The molecule has 0 bridgehead atoms. The van der Waals surface area contributed by atoms with Crippen LogP contribution in [0.4, 0.5) is 0 Å². The van der Waals surface area contributed by atoms with Crippen LogP contribution in [0.2, 0.25) is 0 Å². The molecule has 1 aromatic heterocycles. The molecule has 0 N–H and O–H groups in total. The summed E-state index contributed by atoms with van der Waals surface area (Å²) < 4.78 is 2.41. The SMILES string of the molecule is CC1(C)c2ccccc2-c2c1ccc1c(-c3c4ccccc4c(-c4ccc5c(c4)c4ccccc4n5-c4ccccc4)c4ccccc34)cc3c(c21)-c1ccccc1C3(C)C. The molecule has 2 aliphatic carbocycles. The van der Waals surface area contributed by atoms with Gasteiger partial charge < -0.3 is 4.57 Å². The maximum absolute atomic E-state index is 2.58. The van der Waals surface area contributed by atoms with E-state index < -0.39 is 0 Å². The van der Waals surface area contributed by atoms with Gasteiger partial charge in [0.15, 0.2) is 0 Å². The van der Waals surface area contributed by atoms with Crippen molar-refractivity contribution in [1.82, 2.24) is 4.57 Å². The molecule has 0 atom stereocenters. The zero-order valence-electron chi connectivity index (χ0n) is 34.8. The van der Waals surface area contributed by atoms with E-state index in [0.29, 0.717) is 0 Å². The fraction of sp³-hybridized carbons (Fsp3) is 0.100. The smallest absolute Gasteiger partial charge is 0.0541 e. The molecule has 0 saturated carbocycles. The molecule has 1 nitrogen and oxygen atoms in total. The molecule has 0 aliphatic heterocycles. The van der Waals surface area contributed by atoms with E-state index in [-0.39, 0.29) is 10.8 Å². The van der Waals surface area contributed by atoms with Crippen molar-refractivity contribution in [2.24, 2.45) is 0 Å². The predicted molar refractivity (Wildman–Crippen MR) is 259 cm³/mol. The summed E-state index contributed by atoms with van der Waals surface area (Å²) in [6, 6.07) is 70.8. The Morgan fingerprint density at radius 3 is 1.48 bits per heavy atom. The summed E-state index contributed by atoms with van der Waals surface area (Å²) in [7, 11) is 0. The summed E-state index contributed by atoms with van der Waals surface area (Å²) >= 11 is 0. The first-order valence-electron chi connectivity index (χ1n) is 21.7. The molecular formula is C60H43N. The van der Waals surface area contributed by atoms with Crippen LogP contribution in [0.15, 0.2) is 188 Å². The van der Waals surface area contributed by atoms with Crippen LogP contribution in [-0.4, -0.2) is 4.57 Å². The first-order chi connectivity index (χ1) is 29.8. The van der Waals surface area contributed by atoms with Gasteiger partial charge in [0.05, 0.1) is 11.0 Å². The number of benzene rings is 10. The molecule has 61 heavy (non-hydrogen) atoms. The van der Waals surface area contributed by atoms with Crippen molar-refractivity contribution in [3.63, 3.8) is 0 Å². The monoisotopic (exact) mass is 777 g/mol. The van der Waals surface area contributed by atoms with E-state index in [2.05, 4.69) is 220 Å². The number of nitrogens with zero attached hydrogens (tertiary/aromatic N) is 1. The molecule has 2 aliphatic rings. The number of rotatable bonds is 3. The lowest BCUT2D eigenvalue weighted by Crippen LogP contribution is -2.15. The van der Waals surface area contributed by atoms with Crippen LogP contribution in [0.1, 0.15) is 49.9 Å². The highest BCUT2D eigenvalue weighted by atomic mass is 15.0. The first-order valence-corrected chi connectivity index (χ1v) is 21.7. The van der Waals surface area contributed by atoms with Crippen LogP contribution < -0.4 is 0 Å². The van der Waals surface area contributed by atoms with E-state index in [0.717, 1.165) is 0 Å². The van der Waals surface area contributed by atoms with Gasteiger partial charge in [-0.3, -0.25) is 0 Å². The van der Waals surface area contributed by atoms with E-state index in [1.807, 2.05) is 0 Å². The second-order valence-corrected chi connectivity index (χ2v) is 18.4. The molecule has 288 valence electrons. The second-order valence-electron chi connectivity index (χ2n) is 18.4. The maximum atomic E-state index is 2.58. The van der Waals surface area contributed by atoms with Crippen molar-refractivity contribution in [2.45, 2.75) is 38.5 Å². The third-order valence-corrected chi connectivity index (χ3v) is 14.6. The highest BCUT2D eigenvalue weighted by Crippen LogP contribution is 2.60. The van der Waals surface area contributed by atoms with Crippen LogP contribution in [0.25, 0.3) is 104 Å². The lowest BCUT2D eigenvalue weighted by molar-refractivity contribution is 0.660. The molecule has 13 rings (SSSR count). The first kappa shape index (κ1) is 34.6. The van der Waals surface area contributed by atoms with Crippen molar-refractivity contribution in [3.8, 4) is 50.2 Å². The highest BCUT2D eigenvalue weighted by molar-refractivity contribution is 6.26. The molecule has 0 unspecified atom stereocenters. The fourth-order valence-corrected chi connectivity index (χ4v) is 11.8. The van der Waals surface area contributed by atoms with E-state index in [1.54, 1.807) is 0 Å². The van der Waals surface area contributed by atoms with Crippen LogP contribution in [0, 0.1) is 0 Å². The zero-order chi connectivity index (χ0) is 40.8. The lowest BCUT2D eigenvalue weighted by Gasteiger charge is -2.26. The van der Waals surface area contributed by atoms with Gasteiger partial charge in [-0.2, -0.15) is 0 Å². The Hall–Kier alpha value is -7.22. The normalized spacial score (nSPS) is 14.5. The maximum Gasteiger partial charge on any atom is 0.0541 e. The molecule has 0 radical (unpaired) electrons. The summed E-state index contributed by atoms with van der Waals surface area (Å²) in [6.45, 7) is 9.67. The molecule has 1 heterocycles. The minimum atomic E-state index is -0.175. The average molecular weight is 778 g/mol. The fourth-order valence-electron chi connectivity index (χ4n) is 11.8. The second kappa shape index (κ2) is 12.2. The van der Waals surface area contributed by atoms with Crippen molar-refractivity contribution >= 4 is 54.1 Å². The molecular weight excluding hydrogens is 735 g/mol. The standard InChI is InChI=1S/C60H43N/c1-59(2)48-27-15-12-25-44(48)56-50(59)32-31-43-47(35-51-57(58(43)56)45-26-13-16-28-49(45)60(51,3)4)55-41-23-10-8-21-39(41)54(40-22-9-11-24-42(40)55)36-30-33-53-46(34-36)38-20-14-17-29-52(38)61(53)37-18-6-5-7-19-37/h5-35H,1-4H3. The van der Waals surface area contributed by atoms with Gasteiger partial charge in [0.2, 0.25) is 0 Å². The minimum Gasteiger partial charge on any atom is -0.309 e. The Morgan fingerprint density at radius 2 is 0.820 bits per heavy atom. The van der Waals surface area contributed by atoms with Crippen molar-refractivity contribution < 1.29 is 0 Å². The molecule has 0 amide bonds. The van der Waals surface area contributed by atoms with Gasteiger partial charge in [0.25, 0.3) is 0 Å². The number of para-hydroxylation sites is 2. The van der Waals surface area contributed by atoms with Gasteiger partial charge in [-0.05, 0) is 135 Å². The lowest BCUT2D eigenvalue weighted by atomic mass is 9.77. The van der Waals surface area contributed by atoms with Gasteiger partial charge >= 0.3 is 0 Å². The summed E-state index contributed by atoms with van der Waals surface area (Å²) in [5.41, 5.74) is 19.6. The quantitative estimate of drug-likeness (QED) is 0.158. The van der Waals surface area contributed by atoms with Crippen molar-refractivity contribution in [1.29, 1.82) is 0 Å². The Balaban J connectivity index is 1.15. The molecule has 0 fully saturated rings. The molecule has 10 aromatic carbocycles. The van der Waals surface area contributed by atoms with Crippen LogP contribution in [-0.2, 0) is 10.8 Å². The Bertz CT molecular complexity index is 3610. The Morgan fingerprint density at radius 1 is 0.311 bits per heavy atom.